The van der Waals surface area contributed by atoms with Crippen molar-refractivity contribution in [2.45, 2.75) is 103 Å². The maximum Gasteiger partial charge on any atom is 0.0712 e. The Hall–Kier alpha value is -3.78. The van der Waals surface area contributed by atoms with Crippen LogP contribution in [0.4, 0.5) is 0 Å². The smallest absolute Gasteiger partial charge is 0.0712 e. The van der Waals surface area contributed by atoms with Gasteiger partial charge in [-0.1, -0.05) is 150 Å². The first-order chi connectivity index (χ1) is 21.9. The summed E-state index contributed by atoms with van der Waals surface area (Å²) in [6.45, 7) is 0. The number of hydrogen-bond donors (Lipinski definition) is 0. The SMILES string of the molecule is c1ccc2c(CCCCCCCCCCCCCCCCc3c4ccccc4nc4ccccc34)c3ccccc3nc2c1. The Kier molecular flexibility index (Phi) is 10.9. The Morgan fingerprint density at radius 2 is 0.500 bits per heavy atom. The highest BCUT2D eigenvalue weighted by Gasteiger charge is 2.09. The van der Waals surface area contributed by atoms with Crippen molar-refractivity contribution in [3.05, 3.63) is 108 Å². The van der Waals surface area contributed by atoms with E-state index in [1.807, 2.05) is 0 Å². The van der Waals surface area contributed by atoms with Crippen LogP contribution in [0.5, 0.6) is 0 Å². The lowest BCUT2D eigenvalue weighted by molar-refractivity contribution is 0.533. The molecule has 0 saturated carbocycles. The molecule has 2 heteroatoms. The molecule has 2 heterocycles. The zero-order chi connectivity index (χ0) is 29.8. The molecule has 0 fully saturated rings. The number of benzene rings is 4. The highest BCUT2D eigenvalue weighted by Crippen LogP contribution is 2.29. The second-order valence-electron chi connectivity index (χ2n) is 12.7. The second-order valence-corrected chi connectivity index (χ2v) is 12.7. The molecule has 0 atom stereocenters. The minimum absolute atomic E-state index is 1.13. The van der Waals surface area contributed by atoms with E-state index in [1.165, 1.54) is 123 Å². The summed E-state index contributed by atoms with van der Waals surface area (Å²) in [6, 6.07) is 34.6. The summed E-state index contributed by atoms with van der Waals surface area (Å²) < 4.78 is 0. The summed E-state index contributed by atoms with van der Waals surface area (Å²) in [4.78, 5) is 9.77. The van der Waals surface area contributed by atoms with Crippen LogP contribution < -0.4 is 0 Å². The Morgan fingerprint density at radius 3 is 0.773 bits per heavy atom. The largest absolute Gasteiger partial charge is 0.248 e. The van der Waals surface area contributed by atoms with Crippen LogP contribution in [0.25, 0.3) is 43.6 Å². The van der Waals surface area contributed by atoms with Gasteiger partial charge >= 0.3 is 0 Å². The van der Waals surface area contributed by atoms with E-state index in [2.05, 4.69) is 97.1 Å². The third-order valence-corrected chi connectivity index (χ3v) is 9.50. The van der Waals surface area contributed by atoms with Gasteiger partial charge in [-0.05, 0) is 61.1 Å². The van der Waals surface area contributed by atoms with E-state index < -0.39 is 0 Å². The van der Waals surface area contributed by atoms with Crippen LogP contribution in [0.3, 0.4) is 0 Å². The van der Waals surface area contributed by atoms with Crippen LogP contribution in [0.1, 0.15) is 101 Å². The molecule has 0 spiro atoms. The first kappa shape index (κ1) is 30.3. The summed E-state index contributed by atoms with van der Waals surface area (Å²) in [7, 11) is 0. The number of nitrogens with zero attached hydrogens (tertiary/aromatic N) is 2. The number of aryl methyl sites for hydroxylation is 2. The van der Waals surface area contributed by atoms with E-state index in [4.69, 9.17) is 9.97 Å². The number of hydrogen-bond acceptors (Lipinski definition) is 2. The van der Waals surface area contributed by atoms with Gasteiger partial charge in [-0.2, -0.15) is 0 Å². The lowest BCUT2D eigenvalue weighted by Crippen LogP contribution is -1.93. The third-order valence-electron chi connectivity index (χ3n) is 9.50. The predicted octanol–water partition coefficient (Wildman–Crippen LogP) is 12.3. The van der Waals surface area contributed by atoms with Crippen LogP contribution in [0.15, 0.2) is 97.1 Å². The van der Waals surface area contributed by atoms with Gasteiger partial charge in [0.15, 0.2) is 0 Å². The number of rotatable bonds is 17. The van der Waals surface area contributed by atoms with Gasteiger partial charge < -0.3 is 0 Å². The van der Waals surface area contributed by atoms with Gasteiger partial charge in [0.25, 0.3) is 0 Å². The molecule has 2 aromatic heterocycles. The van der Waals surface area contributed by atoms with Crippen molar-refractivity contribution in [1.82, 2.24) is 9.97 Å². The predicted molar refractivity (Wildman–Crippen MR) is 191 cm³/mol. The van der Waals surface area contributed by atoms with E-state index in [1.54, 1.807) is 0 Å². The molecular weight excluding hydrogens is 532 g/mol. The standard InChI is InChI=1S/C42H48N2/c1(3-5-7-9-11-13-23-33-35-25-15-19-29-39(35)43-40-30-20-16-26-36(33)40)2-4-6-8-10-12-14-24-34-37-27-17-21-31-41(37)44-42-32-22-18-28-38(34)42/h15-22,25-32H,1-14,23-24H2. The fraction of sp³-hybridized carbons (Fsp3) is 0.381. The Morgan fingerprint density at radius 1 is 0.273 bits per heavy atom. The molecule has 226 valence electrons. The number of unbranched alkanes of at least 4 members (excludes halogenated alkanes) is 13. The Labute approximate surface area is 263 Å². The number of pyridine rings is 2. The van der Waals surface area contributed by atoms with Gasteiger partial charge in [-0.25, -0.2) is 9.97 Å². The van der Waals surface area contributed by atoms with Crippen LogP contribution in [-0.2, 0) is 12.8 Å². The lowest BCUT2D eigenvalue weighted by Gasteiger charge is -2.11. The minimum atomic E-state index is 1.13. The number of para-hydroxylation sites is 4. The van der Waals surface area contributed by atoms with Crippen LogP contribution in [-0.4, -0.2) is 9.97 Å². The van der Waals surface area contributed by atoms with Crippen molar-refractivity contribution < 1.29 is 0 Å². The van der Waals surface area contributed by atoms with E-state index in [9.17, 15) is 0 Å². The molecular formula is C42H48N2. The molecule has 2 nitrogen and oxygen atoms in total. The first-order valence-corrected chi connectivity index (χ1v) is 17.4. The topological polar surface area (TPSA) is 25.8 Å². The van der Waals surface area contributed by atoms with Crippen molar-refractivity contribution >= 4 is 43.6 Å². The van der Waals surface area contributed by atoms with Gasteiger partial charge in [-0.3, -0.25) is 0 Å². The zero-order valence-electron chi connectivity index (χ0n) is 26.4. The Balaban J connectivity index is 0.804. The second kappa shape index (κ2) is 15.8. The van der Waals surface area contributed by atoms with Gasteiger partial charge in [0.1, 0.15) is 0 Å². The Bertz CT molecular complexity index is 1550. The summed E-state index contributed by atoms with van der Waals surface area (Å²) >= 11 is 0. The molecule has 0 radical (unpaired) electrons. The van der Waals surface area contributed by atoms with Gasteiger partial charge in [0, 0.05) is 21.5 Å². The average molecular weight is 581 g/mol. The molecule has 0 aliphatic carbocycles. The van der Waals surface area contributed by atoms with Gasteiger partial charge in [0.05, 0.1) is 22.1 Å². The van der Waals surface area contributed by atoms with E-state index in [0.717, 1.165) is 34.9 Å². The van der Waals surface area contributed by atoms with Crippen LogP contribution in [0.2, 0.25) is 0 Å². The first-order valence-electron chi connectivity index (χ1n) is 17.4. The molecule has 6 aromatic rings. The summed E-state index contributed by atoms with van der Waals surface area (Å²) in [5, 5.41) is 5.33. The van der Waals surface area contributed by atoms with Crippen molar-refractivity contribution in [2.24, 2.45) is 0 Å². The molecule has 0 unspecified atom stereocenters. The fourth-order valence-electron chi connectivity index (χ4n) is 7.12. The molecule has 0 N–H and O–H groups in total. The van der Waals surface area contributed by atoms with Crippen molar-refractivity contribution in [2.75, 3.05) is 0 Å². The summed E-state index contributed by atoms with van der Waals surface area (Å²) in [5.74, 6) is 0. The molecule has 0 aliphatic heterocycles. The maximum atomic E-state index is 4.88. The highest BCUT2D eigenvalue weighted by atomic mass is 14.7. The molecule has 6 rings (SSSR count). The molecule has 44 heavy (non-hydrogen) atoms. The third kappa shape index (κ3) is 7.65. The van der Waals surface area contributed by atoms with E-state index in [-0.39, 0.29) is 0 Å². The average Bonchev–Trinajstić information content (AvgIpc) is 3.07. The molecule has 0 bridgehead atoms. The summed E-state index contributed by atoms with van der Waals surface area (Å²) in [6.07, 6.45) is 21.5. The number of aromatic nitrogens is 2. The van der Waals surface area contributed by atoms with E-state index >= 15 is 0 Å². The van der Waals surface area contributed by atoms with Crippen LogP contribution in [0, 0.1) is 0 Å². The van der Waals surface area contributed by atoms with Crippen LogP contribution >= 0.6 is 0 Å². The van der Waals surface area contributed by atoms with Crippen molar-refractivity contribution in [3.8, 4) is 0 Å². The summed E-state index contributed by atoms with van der Waals surface area (Å²) in [5.41, 5.74) is 7.49. The lowest BCUT2D eigenvalue weighted by atomic mass is 9.97. The number of fused-ring (bicyclic) bond motifs is 4. The minimum Gasteiger partial charge on any atom is -0.248 e. The van der Waals surface area contributed by atoms with E-state index in [0.29, 0.717) is 0 Å². The molecule has 0 saturated heterocycles. The van der Waals surface area contributed by atoms with Crippen molar-refractivity contribution in [3.63, 3.8) is 0 Å². The van der Waals surface area contributed by atoms with Gasteiger partial charge in [0.2, 0.25) is 0 Å². The zero-order valence-corrected chi connectivity index (χ0v) is 26.4. The fourth-order valence-corrected chi connectivity index (χ4v) is 7.12. The van der Waals surface area contributed by atoms with Gasteiger partial charge in [-0.15, -0.1) is 0 Å². The molecule has 0 aliphatic rings. The highest BCUT2D eigenvalue weighted by molar-refractivity contribution is 5.98. The monoisotopic (exact) mass is 580 g/mol. The quantitative estimate of drug-likeness (QED) is 0.0792. The van der Waals surface area contributed by atoms with Crippen molar-refractivity contribution in [1.29, 1.82) is 0 Å². The maximum absolute atomic E-state index is 4.88. The molecule has 0 amide bonds. The molecule has 4 aromatic carbocycles. The normalized spacial score (nSPS) is 11.7.